The average Bonchev–Trinajstić information content (AvgIpc) is 2.89. The maximum absolute atomic E-state index is 6.09. The number of hydrogen-bond donors (Lipinski definition) is 1. The van der Waals surface area contributed by atoms with Crippen molar-refractivity contribution in [3.63, 3.8) is 0 Å². The van der Waals surface area contributed by atoms with Crippen LogP contribution in [0.4, 0.5) is 0 Å². The summed E-state index contributed by atoms with van der Waals surface area (Å²) in [5, 5.41) is 3.79. The van der Waals surface area contributed by atoms with E-state index in [1.807, 2.05) is 0 Å². The molecule has 3 aliphatic carbocycles. The predicted molar refractivity (Wildman–Crippen MR) is 80.4 cm³/mol. The standard InChI is InChI=1S/C18H27NO/c1-3-9-19-18(14-8-7-13(4-2)20-14)17-15-11-5-6-12(10-11)16(15)17/h7-8,11-12,15-19H,3-6,9-10H2,1-2H3. The van der Waals surface area contributed by atoms with E-state index in [0.29, 0.717) is 6.04 Å². The molecule has 0 amide bonds. The lowest BCUT2D eigenvalue weighted by molar-refractivity contribution is 0.318. The summed E-state index contributed by atoms with van der Waals surface area (Å²) in [5.74, 6) is 7.31. The van der Waals surface area contributed by atoms with E-state index in [-0.39, 0.29) is 0 Å². The van der Waals surface area contributed by atoms with Crippen molar-refractivity contribution < 1.29 is 4.42 Å². The molecule has 0 spiro atoms. The summed E-state index contributed by atoms with van der Waals surface area (Å²) >= 11 is 0. The first-order chi connectivity index (χ1) is 9.83. The van der Waals surface area contributed by atoms with Crippen LogP contribution < -0.4 is 5.32 Å². The molecule has 3 aliphatic rings. The summed E-state index contributed by atoms with van der Waals surface area (Å²) in [7, 11) is 0. The van der Waals surface area contributed by atoms with Gasteiger partial charge in [0.15, 0.2) is 0 Å². The van der Waals surface area contributed by atoms with Gasteiger partial charge in [0.1, 0.15) is 11.5 Å². The minimum absolute atomic E-state index is 0.480. The fourth-order valence-corrected chi connectivity index (χ4v) is 5.32. The van der Waals surface area contributed by atoms with Gasteiger partial charge in [-0.1, -0.05) is 13.8 Å². The molecule has 0 radical (unpaired) electrons. The Balaban J connectivity index is 1.54. The van der Waals surface area contributed by atoms with Gasteiger partial charge in [-0.05, 0) is 74.0 Å². The van der Waals surface area contributed by atoms with Crippen molar-refractivity contribution in [3.05, 3.63) is 23.7 Å². The van der Waals surface area contributed by atoms with Crippen molar-refractivity contribution in [2.75, 3.05) is 6.54 Å². The van der Waals surface area contributed by atoms with Gasteiger partial charge >= 0.3 is 0 Å². The molecule has 0 aliphatic heterocycles. The Morgan fingerprint density at radius 1 is 1.20 bits per heavy atom. The molecule has 4 rings (SSSR count). The second-order valence-electron chi connectivity index (χ2n) is 7.15. The molecule has 110 valence electrons. The van der Waals surface area contributed by atoms with E-state index in [4.69, 9.17) is 4.42 Å². The van der Waals surface area contributed by atoms with Crippen LogP contribution in [-0.2, 0) is 6.42 Å². The third-order valence-electron chi connectivity index (χ3n) is 6.13. The first-order valence-electron chi connectivity index (χ1n) is 8.65. The smallest absolute Gasteiger partial charge is 0.121 e. The topological polar surface area (TPSA) is 25.2 Å². The molecule has 3 fully saturated rings. The third-order valence-corrected chi connectivity index (χ3v) is 6.13. The molecule has 1 N–H and O–H groups in total. The number of rotatable bonds is 6. The van der Waals surface area contributed by atoms with Crippen LogP contribution in [0, 0.1) is 29.6 Å². The van der Waals surface area contributed by atoms with Gasteiger partial charge in [0.25, 0.3) is 0 Å². The van der Waals surface area contributed by atoms with Crippen LogP contribution in [0.3, 0.4) is 0 Å². The molecule has 5 atom stereocenters. The molecule has 0 saturated heterocycles. The highest BCUT2D eigenvalue weighted by molar-refractivity contribution is 5.21. The normalized spacial score (nSPS) is 39.0. The number of nitrogens with one attached hydrogen (secondary N) is 1. The molecule has 2 nitrogen and oxygen atoms in total. The van der Waals surface area contributed by atoms with Crippen LogP contribution in [0.15, 0.2) is 16.5 Å². The van der Waals surface area contributed by atoms with Gasteiger partial charge in [0.05, 0.1) is 6.04 Å². The van der Waals surface area contributed by atoms with Crippen molar-refractivity contribution in [1.82, 2.24) is 5.32 Å². The average molecular weight is 273 g/mol. The number of furan rings is 1. The Morgan fingerprint density at radius 3 is 2.55 bits per heavy atom. The summed E-state index contributed by atoms with van der Waals surface area (Å²) in [6, 6.07) is 4.87. The van der Waals surface area contributed by atoms with Gasteiger partial charge in [-0.25, -0.2) is 0 Å². The van der Waals surface area contributed by atoms with Crippen molar-refractivity contribution in [2.24, 2.45) is 29.6 Å². The predicted octanol–water partition coefficient (Wildman–Crippen LogP) is 4.17. The molecule has 2 heteroatoms. The lowest BCUT2D eigenvalue weighted by atomic mass is 9.96. The first kappa shape index (κ1) is 12.9. The van der Waals surface area contributed by atoms with E-state index in [9.17, 15) is 0 Å². The molecule has 20 heavy (non-hydrogen) atoms. The zero-order valence-corrected chi connectivity index (χ0v) is 12.8. The highest BCUT2D eigenvalue weighted by atomic mass is 16.3. The molecule has 1 aromatic rings. The fourth-order valence-electron chi connectivity index (χ4n) is 5.32. The number of hydrogen-bond acceptors (Lipinski definition) is 2. The molecule has 5 unspecified atom stereocenters. The van der Waals surface area contributed by atoms with Crippen LogP contribution >= 0.6 is 0 Å². The molecular formula is C18H27NO. The van der Waals surface area contributed by atoms with Crippen LogP contribution in [0.5, 0.6) is 0 Å². The Kier molecular flexibility index (Phi) is 3.17. The van der Waals surface area contributed by atoms with E-state index in [1.165, 1.54) is 31.4 Å². The van der Waals surface area contributed by atoms with Gasteiger partial charge in [-0.3, -0.25) is 0 Å². The summed E-state index contributed by atoms with van der Waals surface area (Å²) < 4.78 is 6.09. The Bertz CT molecular complexity index is 464. The molecule has 3 saturated carbocycles. The lowest BCUT2D eigenvalue weighted by Crippen LogP contribution is -2.26. The Labute approximate surface area is 122 Å². The highest BCUT2D eigenvalue weighted by Crippen LogP contribution is 2.72. The van der Waals surface area contributed by atoms with Gasteiger partial charge < -0.3 is 9.73 Å². The SMILES string of the molecule is CCCNC(c1ccc(CC)o1)C1C2C3CCC(C3)C21. The minimum Gasteiger partial charge on any atom is -0.464 e. The molecule has 1 aromatic heterocycles. The second kappa shape index (κ2) is 4.91. The van der Waals surface area contributed by atoms with E-state index >= 15 is 0 Å². The van der Waals surface area contributed by atoms with Gasteiger partial charge in [0, 0.05) is 6.42 Å². The molecule has 0 aromatic carbocycles. The van der Waals surface area contributed by atoms with Crippen LogP contribution in [-0.4, -0.2) is 6.54 Å². The van der Waals surface area contributed by atoms with E-state index in [1.54, 1.807) is 0 Å². The van der Waals surface area contributed by atoms with Crippen LogP contribution in [0.25, 0.3) is 0 Å². The van der Waals surface area contributed by atoms with Crippen LogP contribution in [0.2, 0.25) is 0 Å². The number of fused-ring (bicyclic) bond motifs is 5. The summed E-state index contributed by atoms with van der Waals surface area (Å²) in [5.41, 5.74) is 0. The zero-order chi connectivity index (χ0) is 13.7. The van der Waals surface area contributed by atoms with Crippen molar-refractivity contribution >= 4 is 0 Å². The zero-order valence-electron chi connectivity index (χ0n) is 12.8. The minimum atomic E-state index is 0.480. The third kappa shape index (κ3) is 1.88. The fraction of sp³-hybridized carbons (Fsp3) is 0.778. The maximum Gasteiger partial charge on any atom is 0.121 e. The van der Waals surface area contributed by atoms with Gasteiger partial charge in [-0.15, -0.1) is 0 Å². The van der Waals surface area contributed by atoms with Crippen molar-refractivity contribution in [3.8, 4) is 0 Å². The maximum atomic E-state index is 6.09. The first-order valence-corrected chi connectivity index (χ1v) is 8.65. The van der Waals surface area contributed by atoms with E-state index < -0.39 is 0 Å². The van der Waals surface area contributed by atoms with E-state index in [0.717, 1.165) is 48.3 Å². The van der Waals surface area contributed by atoms with Gasteiger partial charge in [0.2, 0.25) is 0 Å². The largest absolute Gasteiger partial charge is 0.464 e. The Hall–Kier alpha value is -0.760. The van der Waals surface area contributed by atoms with Crippen molar-refractivity contribution in [1.29, 1.82) is 0 Å². The summed E-state index contributed by atoms with van der Waals surface area (Å²) in [6.07, 6.45) is 6.74. The lowest BCUT2D eigenvalue weighted by Gasteiger charge is -2.20. The monoisotopic (exact) mass is 273 g/mol. The summed E-state index contributed by atoms with van der Waals surface area (Å²) in [4.78, 5) is 0. The van der Waals surface area contributed by atoms with E-state index in [2.05, 4.69) is 31.3 Å². The molecule has 2 bridgehead atoms. The molecular weight excluding hydrogens is 246 g/mol. The quantitative estimate of drug-likeness (QED) is 0.841. The van der Waals surface area contributed by atoms with Crippen molar-refractivity contribution in [2.45, 2.75) is 52.0 Å². The van der Waals surface area contributed by atoms with Crippen LogP contribution in [0.1, 0.15) is 57.1 Å². The summed E-state index contributed by atoms with van der Waals surface area (Å²) in [6.45, 7) is 5.53. The second-order valence-corrected chi connectivity index (χ2v) is 7.15. The highest BCUT2D eigenvalue weighted by Gasteiger charge is 2.67. The molecule has 1 heterocycles. The number of aryl methyl sites for hydroxylation is 1. The van der Waals surface area contributed by atoms with Gasteiger partial charge in [-0.2, -0.15) is 0 Å². The Morgan fingerprint density at radius 2 is 1.95 bits per heavy atom.